The average molecular weight is 481 g/mol. The molecule has 0 saturated carbocycles. The number of para-hydroxylation sites is 1. The predicted molar refractivity (Wildman–Crippen MR) is 138 cm³/mol. The zero-order chi connectivity index (χ0) is 24.7. The molecule has 2 aliphatic heterocycles. The minimum atomic E-state index is -0.376. The van der Waals surface area contributed by atoms with Crippen LogP contribution in [-0.4, -0.2) is 69.9 Å². The van der Waals surface area contributed by atoms with E-state index in [1.807, 2.05) is 54.6 Å². The Hall–Kier alpha value is -3.00. The number of carbonyl (C=O) groups is 1. The van der Waals surface area contributed by atoms with Crippen molar-refractivity contribution in [2.45, 2.75) is 31.8 Å². The van der Waals surface area contributed by atoms with Gasteiger partial charge in [-0.25, -0.2) is 9.79 Å². The molecule has 7 heteroatoms. The Bertz CT molecular complexity index is 917. The van der Waals surface area contributed by atoms with Crippen LogP contribution in [-0.2, 0) is 14.2 Å². The van der Waals surface area contributed by atoms with Gasteiger partial charge in [0.05, 0.1) is 44.8 Å². The van der Waals surface area contributed by atoms with Crippen LogP contribution in [0, 0.1) is 0 Å². The van der Waals surface area contributed by atoms with E-state index in [0.29, 0.717) is 46.0 Å². The third-order valence-corrected chi connectivity index (χ3v) is 5.80. The number of ether oxygens (including phenoxy) is 4. The maximum Gasteiger partial charge on any atom is 0.347 e. The third-order valence-electron chi connectivity index (χ3n) is 5.80. The zero-order valence-corrected chi connectivity index (χ0v) is 20.4. The highest BCUT2D eigenvalue weighted by atomic mass is 16.5. The van der Waals surface area contributed by atoms with Crippen LogP contribution in [0.5, 0.6) is 5.75 Å². The van der Waals surface area contributed by atoms with E-state index in [1.165, 1.54) is 0 Å². The summed E-state index contributed by atoms with van der Waals surface area (Å²) in [4.78, 5) is 17.7. The van der Waals surface area contributed by atoms with Gasteiger partial charge in [0, 0.05) is 25.1 Å². The summed E-state index contributed by atoms with van der Waals surface area (Å²) < 4.78 is 22.8. The van der Waals surface area contributed by atoms with Crippen molar-refractivity contribution >= 4 is 12.7 Å². The van der Waals surface area contributed by atoms with Gasteiger partial charge in [-0.2, -0.15) is 0 Å². The first-order valence-corrected chi connectivity index (χ1v) is 12.2. The highest BCUT2D eigenvalue weighted by molar-refractivity contribution is 5.82. The van der Waals surface area contributed by atoms with Crippen LogP contribution in [0.4, 0.5) is 4.79 Å². The quantitative estimate of drug-likeness (QED) is 0.290. The molecule has 0 bridgehead atoms. The molecule has 7 nitrogen and oxygen atoms in total. The molecule has 1 atom stereocenters. The fourth-order valence-corrected chi connectivity index (χ4v) is 4.00. The van der Waals surface area contributed by atoms with E-state index in [4.69, 9.17) is 18.9 Å². The standard InChI is InChI=1S/C28H36N2O5/c1-3-23-14-16-30(28(31)29-2)27(15-21-33-22-25-12-7-19-35-25)26(23)13-8-17-32-18-9-20-34-24-10-5-4-6-11-24/h3-6,8,10-11,13,15,25H,1-2,7,9,12,14,16-22H2/b13-8-,27-15-. The lowest BCUT2D eigenvalue weighted by molar-refractivity contribution is 0.0264. The largest absolute Gasteiger partial charge is 0.494 e. The predicted octanol–water partition coefficient (Wildman–Crippen LogP) is 5.12. The molecular formula is C28H36N2O5. The Morgan fingerprint density at radius 1 is 1.20 bits per heavy atom. The van der Waals surface area contributed by atoms with Gasteiger partial charge in [0.2, 0.25) is 0 Å². The zero-order valence-electron chi connectivity index (χ0n) is 20.4. The fraction of sp³-hybridized carbons (Fsp3) is 0.429. The van der Waals surface area contributed by atoms with E-state index in [-0.39, 0.29) is 12.1 Å². The number of allylic oxidation sites excluding steroid dienone is 2. The lowest BCUT2D eigenvalue weighted by Gasteiger charge is -2.30. The number of carbonyl (C=O) groups excluding carboxylic acids is 1. The second kappa shape index (κ2) is 15.1. The first-order chi connectivity index (χ1) is 17.2. The summed E-state index contributed by atoms with van der Waals surface area (Å²) in [6, 6.07) is 9.36. The Morgan fingerprint density at radius 2 is 2.06 bits per heavy atom. The summed E-state index contributed by atoms with van der Waals surface area (Å²) in [5.41, 5.74) is 2.74. The molecule has 2 amide bonds. The lowest BCUT2D eigenvalue weighted by atomic mass is 9.96. The molecule has 188 valence electrons. The monoisotopic (exact) mass is 480 g/mol. The number of aliphatic imine (C=N–C) groups is 1. The minimum absolute atomic E-state index is 0.154. The molecule has 0 aliphatic carbocycles. The molecule has 1 fully saturated rings. The van der Waals surface area contributed by atoms with Gasteiger partial charge in [0.1, 0.15) is 5.75 Å². The highest BCUT2D eigenvalue weighted by Gasteiger charge is 2.25. The highest BCUT2D eigenvalue weighted by Crippen LogP contribution is 2.29. The molecule has 2 aliphatic rings. The number of rotatable bonds is 13. The Kier molecular flexibility index (Phi) is 11.5. The molecule has 0 aromatic heterocycles. The molecule has 2 heterocycles. The summed E-state index contributed by atoms with van der Waals surface area (Å²) >= 11 is 0. The lowest BCUT2D eigenvalue weighted by Crippen LogP contribution is -2.33. The van der Waals surface area contributed by atoms with E-state index in [0.717, 1.165) is 48.5 Å². The van der Waals surface area contributed by atoms with Crippen molar-refractivity contribution < 1.29 is 23.7 Å². The van der Waals surface area contributed by atoms with Gasteiger partial charge < -0.3 is 18.9 Å². The van der Waals surface area contributed by atoms with Crippen LogP contribution >= 0.6 is 0 Å². The summed E-state index contributed by atoms with van der Waals surface area (Å²) in [5.74, 6) is 0.862. The number of hydrogen-bond donors (Lipinski definition) is 0. The Labute approximate surface area is 208 Å². The second-order valence-corrected chi connectivity index (χ2v) is 8.24. The van der Waals surface area contributed by atoms with E-state index >= 15 is 0 Å². The van der Waals surface area contributed by atoms with Crippen LogP contribution in [0.15, 0.2) is 83.1 Å². The van der Waals surface area contributed by atoms with Crippen molar-refractivity contribution in [1.82, 2.24) is 4.90 Å². The van der Waals surface area contributed by atoms with Crippen molar-refractivity contribution in [3.8, 4) is 5.75 Å². The van der Waals surface area contributed by atoms with Gasteiger partial charge in [-0.1, -0.05) is 43.0 Å². The summed E-state index contributed by atoms with van der Waals surface area (Å²) in [6.45, 7) is 11.3. The van der Waals surface area contributed by atoms with Crippen molar-refractivity contribution in [2.75, 3.05) is 46.2 Å². The van der Waals surface area contributed by atoms with Crippen LogP contribution in [0.25, 0.3) is 0 Å². The molecule has 0 N–H and O–H groups in total. The summed E-state index contributed by atoms with van der Waals surface area (Å²) in [6.07, 6.45) is 11.4. The molecule has 0 spiro atoms. The fourth-order valence-electron chi connectivity index (χ4n) is 4.00. The second-order valence-electron chi connectivity index (χ2n) is 8.24. The SMILES string of the molecule is C=CC1=C(/C=C\COCCCOc2ccccc2)/C(=C/COCC2CCCO2)N(C(=O)N=C)CC1. The van der Waals surface area contributed by atoms with E-state index in [9.17, 15) is 4.79 Å². The first-order valence-electron chi connectivity index (χ1n) is 12.2. The van der Waals surface area contributed by atoms with Crippen molar-refractivity contribution in [3.63, 3.8) is 0 Å². The molecule has 1 unspecified atom stereocenters. The van der Waals surface area contributed by atoms with Crippen molar-refractivity contribution in [1.29, 1.82) is 0 Å². The maximum atomic E-state index is 12.4. The molecule has 0 radical (unpaired) electrons. The summed E-state index contributed by atoms with van der Waals surface area (Å²) in [5, 5.41) is 0. The molecule has 3 rings (SSSR count). The van der Waals surface area contributed by atoms with Crippen LogP contribution in [0.3, 0.4) is 0 Å². The number of amides is 2. The summed E-state index contributed by atoms with van der Waals surface area (Å²) in [7, 11) is 0. The van der Waals surface area contributed by atoms with E-state index < -0.39 is 0 Å². The van der Waals surface area contributed by atoms with E-state index in [1.54, 1.807) is 4.90 Å². The number of hydrogen-bond acceptors (Lipinski definition) is 5. The van der Waals surface area contributed by atoms with Gasteiger partial charge in [0.15, 0.2) is 0 Å². The van der Waals surface area contributed by atoms with Crippen molar-refractivity contribution in [3.05, 3.63) is 78.1 Å². The topological polar surface area (TPSA) is 69.6 Å². The minimum Gasteiger partial charge on any atom is -0.494 e. The Morgan fingerprint density at radius 3 is 2.80 bits per heavy atom. The smallest absolute Gasteiger partial charge is 0.347 e. The third kappa shape index (κ3) is 8.62. The first kappa shape index (κ1) is 26.6. The molecular weight excluding hydrogens is 444 g/mol. The number of benzene rings is 1. The normalized spacial score (nSPS) is 19.5. The van der Waals surface area contributed by atoms with Crippen LogP contribution in [0.2, 0.25) is 0 Å². The number of urea groups is 1. The van der Waals surface area contributed by atoms with Gasteiger partial charge in [-0.15, -0.1) is 0 Å². The molecule has 1 saturated heterocycles. The van der Waals surface area contributed by atoms with Crippen LogP contribution < -0.4 is 4.74 Å². The van der Waals surface area contributed by atoms with Crippen LogP contribution in [0.1, 0.15) is 25.7 Å². The van der Waals surface area contributed by atoms with Crippen molar-refractivity contribution in [2.24, 2.45) is 4.99 Å². The van der Waals surface area contributed by atoms with Gasteiger partial charge in [-0.3, -0.25) is 4.90 Å². The molecule has 1 aromatic carbocycles. The molecule has 1 aromatic rings. The van der Waals surface area contributed by atoms with Gasteiger partial charge >= 0.3 is 6.03 Å². The van der Waals surface area contributed by atoms with Gasteiger partial charge in [-0.05, 0) is 49.8 Å². The average Bonchev–Trinajstić information content (AvgIpc) is 3.42. The van der Waals surface area contributed by atoms with E-state index in [2.05, 4.69) is 18.3 Å². The van der Waals surface area contributed by atoms with Gasteiger partial charge in [0.25, 0.3) is 0 Å². The number of nitrogens with zero attached hydrogens (tertiary/aromatic N) is 2. The molecule has 35 heavy (non-hydrogen) atoms. The Balaban J connectivity index is 1.53. The maximum absolute atomic E-state index is 12.4.